The second-order valence-electron chi connectivity index (χ2n) is 7.08. The topological polar surface area (TPSA) is 106 Å². The van der Waals surface area contributed by atoms with E-state index in [0.717, 1.165) is 22.4 Å². The van der Waals surface area contributed by atoms with Crippen molar-refractivity contribution < 1.29 is 14.3 Å². The summed E-state index contributed by atoms with van der Waals surface area (Å²) >= 11 is 0. The van der Waals surface area contributed by atoms with Crippen molar-refractivity contribution in [3.8, 4) is 23.1 Å². The maximum absolute atomic E-state index is 12.3. The average molecular weight is 418 g/mol. The Bertz CT molecular complexity index is 1200. The molecule has 1 aromatic carbocycles. The summed E-state index contributed by atoms with van der Waals surface area (Å²) in [5.74, 6) is 0.917. The van der Waals surface area contributed by atoms with Gasteiger partial charge in [0, 0.05) is 37.6 Å². The summed E-state index contributed by atoms with van der Waals surface area (Å²) in [4.78, 5) is 26.9. The molecule has 3 heterocycles. The number of nitrogens with one attached hydrogen (secondary N) is 1. The lowest BCUT2D eigenvalue weighted by molar-refractivity contribution is 0.0827. The lowest BCUT2D eigenvalue weighted by Gasteiger charge is -2.11. The molecule has 0 bridgehead atoms. The number of ether oxygens (including phenoxy) is 2. The molecule has 0 saturated carbocycles. The van der Waals surface area contributed by atoms with Crippen LogP contribution in [0.25, 0.3) is 16.8 Å². The van der Waals surface area contributed by atoms with Gasteiger partial charge in [0.1, 0.15) is 0 Å². The van der Waals surface area contributed by atoms with Crippen molar-refractivity contribution in [3.63, 3.8) is 0 Å². The maximum atomic E-state index is 12.3. The normalized spacial score (nSPS) is 12.6. The van der Waals surface area contributed by atoms with E-state index in [1.54, 1.807) is 44.6 Å². The van der Waals surface area contributed by atoms with Crippen molar-refractivity contribution in [3.05, 3.63) is 53.2 Å². The zero-order chi connectivity index (χ0) is 22.0. The number of hydrogen-bond donors (Lipinski definition) is 1. The van der Waals surface area contributed by atoms with Gasteiger partial charge in [-0.25, -0.2) is 9.98 Å². The monoisotopic (exact) mass is 418 g/mol. The first-order valence-corrected chi connectivity index (χ1v) is 9.60. The zero-order valence-electron chi connectivity index (χ0n) is 17.7. The molecule has 158 valence electrons. The van der Waals surface area contributed by atoms with Crippen LogP contribution in [0.1, 0.15) is 21.5 Å². The van der Waals surface area contributed by atoms with Crippen LogP contribution in [0.5, 0.6) is 11.9 Å². The van der Waals surface area contributed by atoms with E-state index in [0.29, 0.717) is 29.2 Å². The van der Waals surface area contributed by atoms with Crippen LogP contribution in [-0.4, -0.2) is 65.5 Å². The molecule has 0 unspecified atom stereocenters. The van der Waals surface area contributed by atoms with E-state index in [9.17, 15) is 4.79 Å². The number of amides is 1. The van der Waals surface area contributed by atoms with E-state index in [-0.39, 0.29) is 11.9 Å². The molecule has 0 saturated heterocycles. The minimum absolute atomic E-state index is 0.0462. The van der Waals surface area contributed by atoms with E-state index >= 15 is 0 Å². The number of aromatic amines is 1. The Balaban J connectivity index is 1.69. The summed E-state index contributed by atoms with van der Waals surface area (Å²) in [7, 11) is 6.51. The molecule has 0 radical (unpaired) electrons. The summed E-state index contributed by atoms with van der Waals surface area (Å²) in [6.07, 6.45) is 6.04. The lowest BCUT2D eigenvalue weighted by Crippen LogP contribution is -2.21. The number of benzene rings is 1. The van der Waals surface area contributed by atoms with Crippen molar-refractivity contribution in [1.82, 2.24) is 25.1 Å². The number of nitrogens with zero attached hydrogens (tertiary/aromatic N) is 5. The minimum Gasteiger partial charge on any atom is -0.480 e. The van der Waals surface area contributed by atoms with Gasteiger partial charge in [-0.3, -0.25) is 9.89 Å². The highest BCUT2D eigenvalue weighted by Gasteiger charge is 2.21. The van der Waals surface area contributed by atoms with Crippen LogP contribution < -0.4 is 9.47 Å². The van der Waals surface area contributed by atoms with Gasteiger partial charge in [-0.1, -0.05) is 18.2 Å². The molecular formula is C22H22N6O3. The van der Waals surface area contributed by atoms with Crippen molar-refractivity contribution >= 4 is 23.5 Å². The molecule has 0 spiro atoms. The van der Waals surface area contributed by atoms with Gasteiger partial charge in [0.15, 0.2) is 5.82 Å². The molecule has 1 amide bonds. The molecule has 3 aromatic rings. The number of carbonyl (C=O) groups excluding carboxylic acids is 1. The van der Waals surface area contributed by atoms with Crippen LogP contribution in [0.4, 0.5) is 5.82 Å². The van der Waals surface area contributed by atoms with Crippen LogP contribution in [0.15, 0.2) is 41.5 Å². The van der Waals surface area contributed by atoms with E-state index in [4.69, 9.17) is 9.47 Å². The summed E-state index contributed by atoms with van der Waals surface area (Å²) in [5, 5.41) is 7.37. The number of aliphatic imine (C=N–C) groups is 1. The first-order valence-electron chi connectivity index (χ1n) is 9.60. The van der Waals surface area contributed by atoms with Crippen LogP contribution in [0.3, 0.4) is 0 Å². The Morgan fingerprint density at radius 2 is 2.03 bits per heavy atom. The van der Waals surface area contributed by atoms with Gasteiger partial charge in [0.05, 0.1) is 25.5 Å². The summed E-state index contributed by atoms with van der Waals surface area (Å²) in [5.41, 5.74) is 4.76. The van der Waals surface area contributed by atoms with Gasteiger partial charge in [-0.05, 0) is 29.7 Å². The van der Waals surface area contributed by atoms with E-state index in [1.165, 1.54) is 7.11 Å². The standard InChI is InChI=1S/C22H22N6O3/c1-28(2)21(29)14-7-5-6-13(10-14)15-8-9-16-18(26-27-19(16)23-11-15)17-12-24-22(31-4)25-20(17)30-3/h5-8,10-12H,9H2,1-4H3,(H,26,27). The van der Waals surface area contributed by atoms with Gasteiger partial charge in [0.25, 0.3) is 5.91 Å². The second-order valence-corrected chi connectivity index (χ2v) is 7.08. The fourth-order valence-electron chi connectivity index (χ4n) is 3.33. The highest BCUT2D eigenvalue weighted by Crippen LogP contribution is 2.36. The second kappa shape index (κ2) is 8.39. The third-order valence-electron chi connectivity index (χ3n) is 4.92. The smallest absolute Gasteiger partial charge is 0.319 e. The summed E-state index contributed by atoms with van der Waals surface area (Å²) < 4.78 is 10.5. The Kier molecular flexibility index (Phi) is 5.48. The number of rotatable bonds is 5. The van der Waals surface area contributed by atoms with E-state index < -0.39 is 0 Å². The Labute approximate surface area is 179 Å². The first kappa shape index (κ1) is 20.3. The molecule has 9 heteroatoms. The van der Waals surface area contributed by atoms with Crippen molar-refractivity contribution in [2.45, 2.75) is 6.42 Å². The molecule has 0 aliphatic carbocycles. The highest BCUT2D eigenvalue weighted by molar-refractivity contribution is 6.12. The van der Waals surface area contributed by atoms with Gasteiger partial charge in [-0.2, -0.15) is 10.1 Å². The molecule has 9 nitrogen and oxygen atoms in total. The van der Waals surface area contributed by atoms with Crippen molar-refractivity contribution in [2.75, 3.05) is 28.3 Å². The van der Waals surface area contributed by atoms with E-state index in [2.05, 4.69) is 31.2 Å². The molecule has 0 fully saturated rings. The molecular weight excluding hydrogens is 396 g/mol. The first-order chi connectivity index (χ1) is 15.0. The van der Waals surface area contributed by atoms with Gasteiger partial charge < -0.3 is 14.4 Å². The van der Waals surface area contributed by atoms with Gasteiger partial charge in [-0.15, -0.1) is 0 Å². The molecule has 31 heavy (non-hydrogen) atoms. The minimum atomic E-state index is -0.0462. The molecule has 2 aromatic heterocycles. The average Bonchev–Trinajstić information content (AvgIpc) is 3.08. The van der Waals surface area contributed by atoms with Gasteiger partial charge in [0.2, 0.25) is 5.88 Å². The number of hydrogen-bond acceptors (Lipinski definition) is 7. The number of allylic oxidation sites excluding steroid dienone is 2. The Hall–Kier alpha value is -4.01. The molecule has 1 N–H and O–H groups in total. The predicted octanol–water partition coefficient (Wildman–Crippen LogP) is 2.93. The van der Waals surface area contributed by atoms with E-state index in [1.807, 2.05) is 18.2 Å². The van der Waals surface area contributed by atoms with Crippen molar-refractivity contribution in [2.24, 2.45) is 4.99 Å². The molecule has 0 atom stereocenters. The van der Waals surface area contributed by atoms with Crippen LogP contribution in [-0.2, 0) is 6.42 Å². The predicted molar refractivity (Wildman–Crippen MR) is 117 cm³/mol. The lowest BCUT2D eigenvalue weighted by atomic mass is 10.0. The number of aromatic nitrogens is 4. The number of carbonyl (C=O) groups is 1. The Morgan fingerprint density at radius 3 is 2.77 bits per heavy atom. The zero-order valence-corrected chi connectivity index (χ0v) is 17.7. The van der Waals surface area contributed by atoms with Crippen LogP contribution >= 0.6 is 0 Å². The fourth-order valence-corrected chi connectivity index (χ4v) is 3.33. The van der Waals surface area contributed by atoms with Crippen molar-refractivity contribution in [1.29, 1.82) is 0 Å². The largest absolute Gasteiger partial charge is 0.480 e. The maximum Gasteiger partial charge on any atom is 0.319 e. The quantitative estimate of drug-likeness (QED) is 0.683. The number of H-pyrrole nitrogens is 1. The third-order valence-corrected chi connectivity index (χ3v) is 4.92. The summed E-state index contributed by atoms with van der Waals surface area (Å²) in [6, 6.07) is 7.73. The summed E-state index contributed by atoms with van der Waals surface area (Å²) in [6.45, 7) is 0. The van der Waals surface area contributed by atoms with Crippen LogP contribution in [0.2, 0.25) is 0 Å². The molecule has 4 rings (SSSR count). The Morgan fingerprint density at radius 1 is 1.19 bits per heavy atom. The van der Waals surface area contributed by atoms with Gasteiger partial charge >= 0.3 is 6.01 Å². The fraction of sp³-hybridized carbons (Fsp3) is 0.227. The van der Waals surface area contributed by atoms with Crippen LogP contribution in [0, 0.1) is 0 Å². The third kappa shape index (κ3) is 3.89. The molecule has 1 aliphatic rings. The number of fused-ring (bicyclic) bond motifs is 1. The highest BCUT2D eigenvalue weighted by atomic mass is 16.5. The SMILES string of the molecule is COc1ncc(-c2[nH]nc3c2CC=C(c2cccc(C(=O)N(C)C)c2)C=N3)c(OC)n1. The molecule has 1 aliphatic heterocycles. The number of methoxy groups -OCH3 is 2.